The highest BCUT2D eigenvalue weighted by Crippen LogP contribution is 2.25. The van der Waals surface area contributed by atoms with Gasteiger partial charge < -0.3 is 5.32 Å². The zero-order valence-corrected chi connectivity index (χ0v) is 20.1. The van der Waals surface area contributed by atoms with Crippen LogP contribution in [0.1, 0.15) is 30.8 Å². The van der Waals surface area contributed by atoms with Gasteiger partial charge in [0.05, 0.1) is 20.1 Å². The Morgan fingerprint density at radius 3 is 2.55 bits per heavy atom. The number of hydrogen-bond acceptors (Lipinski definition) is 5. The molecule has 31 heavy (non-hydrogen) atoms. The molecule has 0 aliphatic rings. The lowest BCUT2D eigenvalue weighted by molar-refractivity contribution is -0.123. The second-order valence-electron chi connectivity index (χ2n) is 7.83. The molecule has 3 rings (SSSR count). The third kappa shape index (κ3) is 6.49. The van der Waals surface area contributed by atoms with E-state index in [0.717, 1.165) is 20.8 Å². The van der Waals surface area contributed by atoms with E-state index in [-0.39, 0.29) is 16.7 Å². The van der Waals surface area contributed by atoms with Crippen molar-refractivity contribution in [1.82, 2.24) is 15.0 Å². The number of carbonyl (C=O) groups excluding carboxylic acids is 1. The minimum absolute atomic E-state index is 0.131. The largest absolute Gasteiger partial charge is 0.354 e. The van der Waals surface area contributed by atoms with Crippen molar-refractivity contribution in [2.45, 2.75) is 44.6 Å². The van der Waals surface area contributed by atoms with E-state index < -0.39 is 16.1 Å². The molecule has 3 aromatic rings. The number of aromatic nitrogens is 1. The smallest absolute Gasteiger partial charge is 0.241 e. The van der Waals surface area contributed by atoms with Crippen LogP contribution < -0.4 is 10.0 Å². The summed E-state index contributed by atoms with van der Waals surface area (Å²) in [4.78, 5) is 17.3. The highest BCUT2D eigenvalue weighted by atomic mass is 35.5. The zero-order chi connectivity index (χ0) is 22.6. The summed E-state index contributed by atoms with van der Waals surface area (Å²) in [5, 5.41) is 4.38. The van der Waals surface area contributed by atoms with E-state index in [0.29, 0.717) is 24.4 Å². The molecule has 0 spiro atoms. The fourth-order valence-electron chi connectivity index (χ4n) is 3.23. The summed E-state index contributed by atoms with van der Waals surface area (Å²) in [5.41, 5.74) is 1.80. The van der Waals surface area contributed by atoms with Gasteiger partial charge in [0, 0.05) is 11.6 Å². The van der Waals surface area contributed by atoms with Gasteiger partial charge in [0.15, 0.2) is 0 Å². The highest BCUT2D eigenvalue weighted by molar-refractivity contribution is 7.89. The number of benzene rings is 2. The van der Waals surface area contributed by atoms with E-state index in [1.165, 1.54) is 17.4 Å². The van der Waals surface area contributed by atoms with Crippen LogP contribution in [0.4, 0.5) is 0 Å². The van der Waals surface area contributed by atoms with Crippen LogP contribution in [0, 0.1) is 12.8 Å². The second kappa shape index (κ2) is 10.1. The van der Waals surface area contributed by atoms with Crippen molar-refractivity contribution in [3.8, 4) is 0 Å². The minimum atomic E-state index is -3.86. The van der Waals surface area contributed by atoms with Crippen molar-refractivity contribution >= 4 is 49.1 Å². The number of aryl methyl sites for hydroxylation is 1. The summed E-state index contributed by atoms with van der Waals surface area (Å²) >= 11 is 7.33. The first-order chi connectivity index (χ1) is 14.6. The third-order valence-corrected chi connectivity index (χ3v) is 7.38. The topological polar surface area (TPSA) is 88.2 Å². The van der Waals surface area contributed by atoms with Crippen molar-refractivity contribution in [2.75, 3.05) is 6.54 Å². The Morgan fingerprint density at radius 2 is 1.87 bits per heavy atom. The number of halogens is 1. The molecule has 0 unspecified atom stereocenters. The second-order valence-corrected chi connectivity index (χ2v) is 11.2. The summed E-state index contributed by atoms with van der Waals surface area (Å²) < 4.78 is 29.4. The number of sulfonamides is 1. The maximum atomic E-state index is 13.0. The summed E-state index contributed by atoms with van der Waals surface area (Å²) in [6.07, 6.45) is 1.03. The summed E-state index contributed by atoms with van der Waals surface area (Å²) in [6, 6.07) is 11.4. The quantitative estimate of drug-likeness (QED) is 0.478. The maximum absolute atomic E-state index is 13.0. The average Bonchev–Trinajstić information content (AvgIpc) is 3.07. The number of nitrogens with zero attached hydrogens (tertiary/aromatic N) is 1. The van der Waals surface area contributed by atoms with Crippen molar-refractivity contribution in [1.29, 1.82) is 0 Å². The SMILES string of the molecule is Cc1nc2ccc(S(=O)(=O)N[C@H](CC(C)C)C(=O)NCCc3ccc(Cl)cc3)cc2s1. The lowest BCUT2D eigenvalue weighted by Gasteiger charge is -2.20. The molecule has 9 heteroatoms. The van der Waals surface area contributed by atoms with Gasteiger partial charge in [-0.05, 0) is 61.6 Å². The van der Waals surface area contributed by atoms with Gasteiger partial charge in [0.1, 0.15) is 6.04 Å². The number of amides is 1. The first kappa shape index (κ1) is 23.7. The fourth-order valence-corrected chi connectivity index (χ4v) is 5.53. The van der Waals surface area contributed by atoms with E-state index in [2.05, 4.69) is 15.0 Å². The molecule has 2 aromatic carbocycles. The monoisotopic (exact) mass is 479 g/mol. The van der Waals surface area contributed by atoms with Crippen molar-refractivity contribution in [3.05, 3.63) is 58.1 Å². The Hall–Kier alpha value is -2.00. The normalized spacial score (nSPS) is 12.9. The van der Waals surface area contributed by atoms with Crippen molar-refractivity contribution in [3.63, 3.8) is 0 Å². The average molecular weight is 480 g/mol. The van der Waals surface area contributed by atoms with Gasteiger partial charge in [-0.3, -0.25) is 4.79 Å². The van der Waals surface area contributed by atoms with Gasteiger partial charge in [0.25, 0.3) is 0 Å². The molecule has 6 nitrogen and oxygen atoms in total. The molecule has 1 aromatic heterocycles. The molecule has 0 bridgehead atoms. The predicted octanol–water partition coefficient (Wildman–Crippen LogP) is 4.31. The molecule has 1 atom stereocenters. The molecular weight excluding hydrogens is 454 g/mol. The zero-order valence-electron chi connectivity index (χ0n) is 17.7. The molecule has 2 N–H and O–H groups in total. The van der Waals surface area contributed by atoms with Crippen LogP contribution in [-0.2, 0) is 21.2 Å². The maximum Gasteiger partial charge on any atom is 0.241 e. The molecule has 1 heterocycles. The molecule has 0 radical (unpaired) electrons. The van der Waals surface area contributed by atoms with Crippen LogP contribution in [0.2, 0.25) is 5.02 Å². The molecule has 1 amide bonds. The van der Waals surface area contributed by atoms with Gasteiger partial charge in [-0.15, -0.1) is 11.3 Å². The van der Waals surface area contributed by atoms with E-state index in [4.69, 9.17) is 11.6 Å². The first-order valence-corrected chi connectivity index (χ1v) is 12.7. The fraction of sp³-hybridized carbons (Fsp3) is 0.364. The molecule has 0 saturated carbocycles. The van der Waals surface area contributed by atoms with Crippen LogP contribution >= 0.6 is 22.9 Å². The van der Waals surface area contributed by atoms with Gasteiger partial charge in [-0.2, -0.15) is 4.72 Å². The lowest BCUT2D eigenvalue weighted by atomic mass is 10.0. The van der Waals surface area contributed by atoms with Crippen molar-refractivity contribution in [2.24, 2.45) is 5.92 Å². The Bertz CT molecular complexity index is 1160. The molecule has 0 saturated heterocycles. The number of hydrogen-bond donors (Lipinski definition) is 2. The van der Waals surface area contributed by atoms with Gasteiger partial charge >= 0.3 is 0 Å². The Kier molecular flexibility index (Phi) is 7.69. The predicted molar refractivity (Wildman–Crippen MR) is 126 cm³/mol. The number of carbonyl (C=O) groups is 1. The first-order valence-electron chi connectivity index (χ1n) is 10.1. The summed E-state index contributed by atoms with van der Waals surface area (Å²) in [6.45, 7) is 6.19. The number of thiazole rings is 1. The molecule has 166 valence electrons. The van der Waals surface area contributed by atoms with E-state index in [1.807, 2.05) is 32.9 Å². The van der Waals surface area contributed by atoms with Gasteiger partial charge in [0.2, 0.25) is 15.9 Å². The van der Waals surface area contributed by atoms with Crippen LogP contribution in [0.15, 0.2) is 47.4 Å². The van der Waals surface area contributed by atoms with Gasteiger partial charge in [-0.25, -0.2) is 13.4 Å². The summed E-state index contributed by atoms with van der Waals surface area (Å²) in [7, 11) is -3.86. The Morgan fingerprint density at radius 1 is 1.16 bits per heavy atom. The van der Waals surface area contributed by atoms with Crippen LogP contribution in [0.3, 0.4) is 0 Å². The van der Waals surface area contributed by atoms with E-state index in [1.54, 1.807) is 24.3 Å². The van der Waals surface area contributed by atoms with Crippen LogP contribution in [0.25, 0.3) is 10.2 Å². The highest BCUT2D eigenvalue weighted by Gasteiger charge is 2.26. The lowest BCUT2D eigenvalue weighted by Crippen LogP contribution is -2.47. The van der Waals surface area contributed by atoms with Crippen LogP contribution in [-0.4, -0.2) is 31.9 Å². The van der Waals surface area contributed by atoms with E-state index in [9.17, 15) is 13.2 Å². The molecule has 0 aliphatic heterocycles. The minimum Gasteiger partial charge on any atom is -0.354 e. The molecular formula is C22H26ClN3O3S2. The standard InChI is InChI=1S/C22H26ClN3O3S2/c1-14(2)12-20(22(27)24-11-10-16-4-6-17(23)7-5-16)26-31(28,29)18-8-9-19-21(13-18)30-15(3)25-19/h4-9,13-14,20,26H,10-12H2,1-3H3,(H,24,27)/t20-/m1/s1. The number of rotatable bonds is 9. The summed E-state index contributed by atoms with van der Waals surface area (Å²) in [5.74, 6) is -0.192. The van der Waals surface area contributed by atoms with Crippen LogP contribution in [0.5, 0.6) is 0 Å². The third-order valence-electron chi connectivity index (χ3n) is 4.72. The Balaban J connectivity index is 1.69. The molecule has 0 aliphatic carbocycles. The van der Waals surface area contributed by atoms with Gasteiger partial charge in [-0.1, -0.05) is 37.6 Å². The number of fused-ring (bicyclic) bond motifs is 1. The molecule has 0 fully saturated rings. The van der Waals surface area contributed by atoms with E-state index >= 15 is 0 Å². The number of nitrogens with one attached hydrogen (secondary N) is 2. The Labute approximate surface area is 192 Å². The van der Waals surface area contributed by atoms with Crippen molar-refractivity contribution < 1.29 is 13.2 Å².